The number of likely N-dealkylation sites (tertiary alicyclic amines) is 1. The summed E-state index contributed by atoms with van der Waals surface area (Å²) >= 11 is 7.29. The van der Waals surface area contributed by atoms with Crippen molar-refractivity contribution in [3.05, 3.63) is 40.4 Å². The molecule has 1 amide bonds. The summed E-state index contributed by atoms with van der Waals surface area (Å²) in [4.78, 5) is 30.7. The largest absolute Gasteiger partial charge is 0.467 e. The van der Waals surface area contributed by atoms with E-state index in [1.54, 1.807) is 22.4 Å². The van der Waals surface area contributed by atoms with E-state index in [0.717, 1.165) is 23.4 Å². The number of thiazole rings is 1. The molecule has 0 saturated carbocycles. The van der Waals surface area contributed by atoms with Crippen molar-refractivity contribution < 1.29 is 14.3 Å². The SMILES string of the molecule is COC(=O)C1CCCCN1C(=O)c1csc(-c2ccc(Cl)cc2)n1. The molecule has 1 atom stereocenters. The highest BCUT2D eigenvalue weighted by Crippen LogP contribution is 2.27. The van der Waals surface area contributed by atoms with E-state index in [0.29, 0.717) is 23.7 Å². The number of ether oxygens (including phenoxy) is 1. The van der Waals surface area contributed by atoms with E-state index < -0.39 is 6.04 Å². The zero-order valence-electron chi connectivity index (χ0n) is 13.2. The first-order valence-electron chi connectivity index (χ1n) is 7.70. The number of rotatable bonds is 3. The number of benzene rings is 1. The molecule has 1 aliphatic rings. The summed E-state index contributed by atoms with van der Waals surface area (Å²) in [6.45, 7) is 0.548. The highest BCUT2D eigenvalue weighted by Gasteiger charge is 2.34. The predicted molar refractivity (Wildman–Crippen MR) is 93.3 cm³/mol. The zero-order chi connectivity index (χ0) is 17.1. The third-order valence-electron chi connectivity index (χ3n) is 4.05. The summed E-state index contributed by atoms with van der Waals surface area (Å²) in [7, 11) is 1.35. The highest BCUT2D eigenvalue weighted by molar-refractivity contribution is 7.13. The van der Waals surface area contributed by atoms with Crippen LogP contribution in [0.1, 0.15) is 29.8 Å². The van der Waals surface area contributed by atoms with Crippen LogP contribution < -0.4 is 0 Å². The fourth-order valence-electron chi connectivity index (χ4n) is 2.80. The summed E-state index contributed by atoms with van der Waals surface area (Å²) in [6.07, 6.45) is 2.43. The smallest absolute Gasteiger partial charge is 0.328 e. The molecule has 1 fully saturated rings. The van der Waals surface area contributed by atoms with Crippen LogP contribution in [0.25, 0.3) is 10.6 Å². The highest BCUT2D eigenvalue weighted by atomic mass is 35.5. The molecule has 1 aromatic carbocycles. The fraction of sp³-hybridized carbons (Fsp3) is 0.353. The van der Waals surface area contributed by atoms with Crippen LogP contribution in [-0.2, 0) is 9.53 Å². The lowest BCUT2D eigenvalue weighted by Gasteiger charge is -2.33. The molecule has 0 N–H and O–H groups in total. The topological polar surface area (TPSA) is 59.5 Å². The van der Waals surface area contributed by atoms with Gasteiger partial charge in [-0.1, -0.05) is 23.7 Å². The Balaban J connectivity index is 1.82. The molecule has 1 unspecified atom stereocenters. The van der Waals surface area contributed by atoms with E-state index in [1.807, 2.05) is 12.1 Å². The van der Waals surface area contributed by atoms with Crippen LogP contribution in [0.2, 0.25) is 5.02 Å². The molecule has 0 radical (unpaired) electrons. The minimum atomic E-state index is -0.517. The van der Waals surface area contributed by atoms with Gasteiger partial charge in [-0.3, -0.25) is 4.79 Å². The van der Waals surface area contributed by atoms with Crippen molar-refractivity contribution in [1.82, 2.24) is 9.88 Å². The molecular weight excluding hydrogens is 348 g/mol. The second-order valence-electron chi connectivity index (χ2n) is 5.58. The molecule has 2 heterocycles. The van der Waals surface area contributed by atoms with Gasteiger partial charge < -0.3 is 9.64 Å². The molecule has 5 nitrogen and oxygen atoms in total. The molecule has 2 aromatic rings. The van der Waals surface area contributed by atoms with Gasteiger partial charge in [-0.25, -0.2) is 9.78 Å². The number of carbonyl (C=O) groups is 2. The van der Waals surface area contributed by atoms with Gasteiger partial charge >= 0.3 is 5.97 Å². The Morgan fingerprint density at radius 2 is 2.04 bits per heavy atom. The number of esters is 1. The van der Waals surface area contributed by atoms with Crippen LogP contribution in [0.5, 0.6) is 0 Å². The zero-order valence-corrected chi connectivity index (χ0v) is 14.8. The van der Waals surface area contributed by atoms with E-state index in [4.69, 9.17) is 16.3 Å². The Morgan fingerprint density at radius 3 is 2.75 bits per heavy atom. The average molecular weight is 365 g/mol. The molecular formula is C17H17ClN2O3S. The maximum Gasteiger partial charge on any atom is 0.328 e. The van der Waals surface area contributed by atoms with Crippen molar-refractivity contribution in [2.75, 3.05) is 13.7 Å². The lowest BCUT2D eigenvalue weighted by atomic mass is 10.0. The lowest BCUT2D eigenvalue weighted by molar-refractivity contribution is -0.147. The van der Waals surface area contributed by atoms with Gasteiger partial charge in [0.25, 0.3) is 5.91 Å². The van der Waals surface area contributed by atoms with E-state index in [1.165, 1.54) is 18.4 Å². The number of carbonyl (C=O) groups excluding carboxylic acids is 2. The van der Waals surface area contributed by atoms with Crippen LogP contribution in [0.4, 0.5) is 0 Å². The molecule has 7 heteroatoms. The van der Waals surface area contributed by atoms with Crippen molar-refractivity contribution in [3.8, 4) is 10.6 Å². The van der Waals surface area contributed by atoms with Crippen LogP contribution in [-0.4, -0.2) is 41.5 Å². The molecule has 3 rings (SSSR count). The standard InChI is InChI=1S/C17H17ClN2O3S/c1-23-17(22)14-4-2-3-9-20(14)16(21)13-10-24-15(19-13)11-5-7-12(18)8-6-11/h5-8,10,14H,2-4,9H2,1H3. The molecule has 24 heavy (non-hydrogen) atoms. The van der Waals surface area contributed by atoms with Crippen LogP contribution in [0.15, 0.2) is 29.6 Å². The number of hydrogen-bond donors (Lipinski definition) is 0. The molecule has 0 bridgehead atoms. The first-order valence-corrected chi connectivity index (χ1v) is 8.96. The minimum absolute atomic E-state index is 0.221. The molecule has 1 saturated heterocycles. The monoisotopic (exact) mass is 364 g/mol. The van der Waals surface area contributed by atoms with Crippen LogP contribution >= 0.6 is 22.9 Å². The van der Waals surface area contributed by atoms with E-state index in [2.05, 4.69) is 4.98 Å². The van der Waals surface area contributed by atoms with Crippen molar-refractivity contribution in [3.63, 3.8) is 0 Å². The van der Waals surface area contributed by atoms with Crippen LogP contribution in [0.3, 0.4) is 0 Å². The third-order valence-corrected chi connectivity index (χ3v) is 5.19. The molecule has 0 spiro atoms. The number of halogens is 1. The summed E-state index contributed by atoms with van der Waals surface area (Å²) < 4.78 is 4.83. The number of nitrogens with zero attached hydrogens (tertiary/aromatic N) is 2. The fourth-order valence-corrected chi connectivity index (χ4v) is 3.73. The Bertz CT molecular complexity index is 745. The lowest BCUT2D eigenvalue weighted by Crippen LogP contribution is -2.48. The number of methoxy groups -OCH3 is 1. The van der Waals surface area contributed by atoms with Gasteiger partial charge in [0.1, 0.15) is 16.7 Å². The maximum absolute atomic E-state index is 12.8. The van der Waals surface area contributed by atoms with Gasteiger partial charge in [0, 0.05) is 22.5 Å². The van der Waals surface area contributed by atoms with Crippen molar-refractivity contribution >= 4 is 34.8 Å². The van der Waals surface area contributed by atoms with Crippen molar-refractivity contribution in [1.29, 1.82) is 0 Å². The number of hydrogen-bond acceptors (Lipinski definition) is 5. The predicted octanol–water partition coefficient (Wildman–Crippen LogP) is 3.63. The van der Waals surface area contributed by atoms with Crippen LogP contribution in [0, 0.1) is 0 Å². The van der Waals surface area contributed by atoms with E-state index in [-0.39, 0.29) is 11.9 Å². The molecule has 1 aromatic heterocycles. The summed E-state index contributed by atoms with van der Waals surface area (Å²) in [6, 6.07) is 6.80. The maximum atomic E-state index is 12.8. The normalized spacial score (nSPS) is 17.6. The van der Waals surface area contributed by atoms with Gasteiger partial charge in [0.15, 0.2) is 0 Å². The first-order chi connectivity index (χ1) is 11.6. The molecule has 0 aliphatic carbocycles. The second kappa shape index (κ2) is 7.32. The van der Waals surface area contributed by atoms with E-state index in [9.17, 15) is 9.59 Å². The Kier molecular flexibility index (Phi) is 5.16. The van der Waals surface area contributed by atoms with Crippen molar-refractivity contribution in [2.24, 2.45) is 0 Å². The Hall–Kier alpha value is -1.92. The van der Waals surface area contributed by atoms with Gasteiger partial charge in [-0.2, -0.15) is 0 Å². The third kappa shape index (κ3) is 3.44. The number of piperidine rings is 1. The summed E-state index contributed by atoms with van der Waals surface area (Å²) in [5.74, 6) is -0.585. The Morgan fingerprint density at radius 1 is 1.29 bits per heavy atom. The quantitative estimate of drug-likeness (QED) is 0.780. The number of aromatic nitrogens is 1. The molecule has 126 valence electrons. The Labute approximate surface area is 149 Å². The molecule has 1 aliphatic heterocycles. The van der Waals surface area contributed by atoms with Gasteiger partial charge in [0.05, 0.1) is 7.11 Å². The summed E-state index contributed by atoms with van der Waals surface area (Å²) in [5.41, 5.74) is 1.27. The minimum Gasteiger partial charge on any atom is -0.467 e. The first kappa shape index (κ1) is 16.9. The number of amides is 1. The van der Waals surface area contributed by atoms with Gasteiger partial charge in [0.2, 0.25) is 0 Å². The second-order valence-corrected chi connectivity index (χ2v) is 6.87. The van der Waals surface area contributed by atoms with Crippen molar-refractivity contribution in [2.45, 2.75) is 25.3 Å². The van der Waals surface area contributed by atoms with E-state index >= 15 is 0 Å². The van der Waals surface area contributed by atoms with Gasteiger partial charge in [-0.05, 0) is 31.4 Å². The average Bonchev–Trinajstić information content (AvgIpc) is 3.11. The summed E-state index contributed by atoms with van der Waals surface area (Å²) in [5, 5.41) is 3.14. The van der Waals surface area contributed by atoms with Gasteiger partial charge in [-0.15, -0.1) is 11.3 Å².